The van der Waals surface area contributed by atoms with Crippen LogP contribution in [-0.2, 0) is 4.79 Å². The highest BCUT2D eigenvalue weighted by molar-refractivity contribution is 9.10. The van der Waals surface area contributed by atoms with Crippen LogP contribution in [0.1, 0.15) is 11.1 Å². The van der Waals surface area contributed by atoms with Crippen molar-refractivity contribution < 1.29 is 4.79 Å². The molecule has 0 saturated carbocycles. The average molecular weight is 346 g/mol. The van der Waals surface area contributed by atoms with Crippen molar-refractivity contribution in [2.45, 2.75) is 6.92 Å². The Morgan fingerprint density at radius 3 is 2.81 bits per heavy atom. The number of hydrogen-bond acceptors (Lipinski definition) is 3. The number of hydrogen-bond donors (Lipinski definition) is 2. The second-order valence-electron chi connectivity index (χ2n) is 4.52. The maximum absolute atomic E-state index is 11.7. The van der Waals surface area contributed by atoms with Crippen molar-refractivity contribution in [1.29, 1.82) is 0 Å². The Morgan fingerprint density at radius 1 is 1.24 bits per heavy atom. The highest BCUT2D eigenvalue weighted by Gasteiger charge is 2.01. The maximum atomic E-state index is 11.7. The number of carbonyl (C=O) groups excluding carboxylic acids is 1. The minimum atomic E-state index is -0.190. The van der Waals surface area contributed by atoms with E-state index in [1.54, 1.807) is 6.21 Å². The SMILES string of the molecule is Cc1ccccc1NCC(=O)N/N=C/c1cccc(Br)c1. The van der Waals surface area contributed by atoms with Gasteiger partial charge in [-0.25, -0.2) is 5.43 Å². The van der Waals surface area contributed by atoms with Gasteiger partial charge in [0.1, 0.15) is 0 Å². The number of amides is 1. The van der Waals surface area contributed by atoms with Crippen LogP contribution in [0.15, 0.2) is 58.1 Å². The summed E-state index contributed by atoms with van der Waals surface area (Å²) in [5.74, 6) is -0.190. The fraction of sp³-hybridized carbons (Fsp3) is 0.125. The number of anilines is 1. The molecule has 5 heteroatoms. The first-order valence-corrected chi connectivity index (χ1v) is 7.31. The van der Waals surface area contributed by atoms with Crippen LogP contribution in [0.5, 0.6) is 0 Å². The number of hydrazone groups is 1. The van der Waals surface area contributed by atoms with Gasteiger partial charge in [0.25, 0.3) is 5.91 Å². The van der Waals surface area contributed by atoms with Crippen molar-refractivity contribution >= 4 is 33.7 Å². The molecule has 2 aromatic carbocycles. The molecule has 21 heavy (non-hydrogen) atoms. The lowest BCUT2D eigenvalue weighted by Gasteiger charge is -2.07. The van der Waals surface area contributed by atoms with Crippen LogP contribution >= 0.6 is 15.9 Å². The van der Waals surface area contributed by atoms with E-state index in [2.05, 4.69) is 31.8 Å². The van der Waals surface area contributed by atoms with E-state index >= 15 is 0 Å². The second kappa shape index (κ2) is 7.59. The molecule has 0 aliphatic rings. The average Bonchev–Trinajstić information content (AvgIpc) is 2.46. The van der Waals surface area contributed by atoms with Gasteiger partial charge >= 0.3 is 0 Å². The Labute approximate surface area is 132 Å². The Hall–Kier alpha value is -2.14. The summed E-state index contributed by atoms with van der Waals surface area (Å²) in [5, 5.41) is 7.01. The Kier molecular flexibility index (Phi) is 5.51. The zero-order valence-corrected chi connectivity index (χ0v) is 13.2. The minimum Gasteiger partial charge on any atom is -0.376 e. The fourth-order valence-corrected chi connectivity index (χ4v) is 2.17. The summed E-state index contributed by atoms with van der Waals surface area (Å²) >= 11 is 3.38. The van der Waals surface area contributed by atoms with Gasteiger partial charge in [-0.15, -0.1) is 0 Å². The molecule has 2 aromatic rings. The molecule has 0 aliphatic heterocycles. The molecule has 0 atom stereocenters. The van der Waals surface area contributed by atoms with Crippen LogP contribution in [0.4, 0.5) is 5.69 Å². The monoisotopic (exact) mass is 345 g/mol. The Balaban J connectivity index is 1.81. The van der Waals surface area contributed by atoms with E-state index in [9.17, 15) is 4.79 Å². The number of aryl methyl sites for hydroxylation is 1. The fourth-order valence-electron chi connectivity index (χ4n) is 1.75. The van der Waals surface area contributed by atoms with Crippen LogP contribution in [0.2, 0.25) is 0 Å². The molecule has 0 aromatic heterocycles. The van der Waals surface area contributed by atoms with E-state index in [1.165, 1.54) is 0 Å². The molecule has 0 bridgehead atoms. The lowest BCUT2D eigenvalue weighted by Crippen LogP contribution is -2.26. The van der Waals surface area contributed by atoms with Gasteiger partial charge in [-0.1, -0.05) is 46.3 Å². The smallest absolute Gasteiger partial charge is 0.259 e. The first kappa shape index (κ1) is 15.3. The molecule has 0 saturated heterocycles. The number of rotatable bonds is 5. The zero-order chi connectivity index (χ0) is 15.1. The summed E-state index contributed by atoms with van der Waals surface area (Å²) in [6, 6.07) is 15.5. The van der Waals surface area contributed by atoms with E-state index in [1.807, 2.05) is 55.5 Å². The third-order valence-electron chi connectivity index (χ3n) is 2.84. The summed E-state index contributed by atoms with van der Waals surface area (Å²) < 4.78 is 0.971. The van der Waals surface area contributed by atoms with Gasteiger partial charge in [-0.05, 0) is 36.2 Å². The molecule has 0 spiro atoms. The van der Waals surface area contributed by atoms with Crippen molar-refractivity contribution in [3.05, 3.63) is 64.1 Å². The quantitative estimate of drug-likeness (QED) is 0.645. The van der Waals surface area contributed by atoms with Gasteiger partial charge in [-0.2, -0.15) is 5.10 Å². The first-order valence-electron chi connectivity index (χ1n) is 6.52. The normalized spacial score (nSPS) is 10.6. The van der Waals surface area contributed by atoms with Gasteiger partial charge in [-0.3, -0.25) is 4.79 Å². The molecule has 2 rings (SSSR count). The largest absolute Gasteiger partial charge is 0.376 e. The molecule has 0 unspecified atom stereocenters. The van der Waals surface area contributed by atoms with Crippen molar-refractivity contribution in [3.8, 4) is 0 Å². The van der Waals surface area contributed by atoms with Gasteiger partial charge in [0.15, 0.2) is 0 Å². The Morgan fingerprint density at radius 2 is 2.05 bits per heavy atom. The zero-order valence-electron chi connectivity index (χ0n) is 11.6. The summed E-state index contributed by atoms with van der Waals surface area (Å²) in [5.41, 5.74) is 5.45. The highest BCUT2D eigenvalue weighted by Crippen LogP contribution is 2.12. The molecular formula is C16H16BrN3O. The number of carbonyl (C=O) groups is 1. The lowest BCUT2D eigenvalue weighted by atomic mass is 10.2. The lowest BCUT2D eigenvalue weighted by molar-refractivity contribution is -0.119. The first-order chi connectivity index (χ1) is 10.1. The molecule has 0 aliphatic carbocycles. The van der Waals surface area contributed by atoms with Gasteiger partial charge < -0.3 is 5.32 Å². The van der Waals surface area contributed by atoms with Crippen molar-refractivity contribution in [2.24, 2.45) is 5.10 Å². The molecule has 0 fully saturated rings. The second-order valence-corrected chi connectivity index (χ2v) is 5.43. The number of halogens is 1. The van der Waals surface area contributed by atoms with Crippen molar-refractivity contribution in [2.75, 3.05) is 11.9 Å². The van der Waals surface area contributed by atoms with E-state index in [4.69, 9.17) is 0 Å². The highest BCUT2D eigenvalue weighted by atomic mass is 79.9. The summed E-state index contributed by atoms with van der Waals surface area (Å²) in [6.07, 6.45) is 1.61. The predicted molar refractivity (Wildman–Crippen MR) is 89.5 cm³/mol. The van der Waals surface area contributed by atoms with Gasteiger partial charge in [0, 0.05) is 10.2 Å². The molecule has 108 valence electrons. The topological polar surface area (TPSA) is 53.5 Å². The summed E-state index contributed by atoms with van der Waals surface area (Å²) in [4.78, 5) is 11.7. The number of nitrogens with one attached hydrogen (secondary N) is 2. The number of nitrogens with zero attached hydrogens (tertiary/aromatic N) is 1. The van der Waals surface area contributed by atoms with Crippen LogP contribution < -0.4 is 10.7 Å². The van der Waals surface area contributed by atoms with E-state index < -0.39 is 0 Å². The summed E-state index contributed by atoms with van der Waals surface area (Å²) in [6.45, 7) is 2.17. The number of benzene rings is 2. The van der Waals surface area contributed by atoms with E-state index in [-0.39, 0.29) is 12.5 Å². The van der Waals surface area contributed by atoms with Crippen LogP contribution in [-0.4, -0.2) is 18.7 Å². The van der Waals surface area contributed by atoms with Gasteiger partial charge in [0.05, 0.1) is 12.8 Å². The van der Waals surface area contributed by atoms with Crippen LogP contribution in [0.25, 0.3) is 0 Å². The van der Waals surface area contributed by atoms with E-state index in [0.717, 1.165) is 21.3 Å². The maximum Gasteiger partial charge on any atom is 0.259 e. The molecule has 1 amide bonds. The minimum absolute atomic E-state index is 0.181. The predicted octanol–water partition coefficient (Wildman–Crippen LogP) is 3.32. The molecule has 4 nitrogen and oxygen atoms in total. The van der Waals surface area contributed by atoms with Crippen molar-refractivity contribution in [1.82, 2.24) is 5.43 Å². The summed E-state index contributed by atoms with van der Waals surface area (Å²) in [7, 11) is 0. The third-order valence-corrected chi connectivity index (χ3v) is 3.33. The van der Waals surface area contributed by atoms with Crippen LogP contribution in [0, 0.1) is 6.92 Å². The van der Waals surface area contributed by atoms with E-state index in [0.29, 0.717) is 0 Å². The molecular weight excluding hydrogens is 330 g/mol. The third kappa shape index (κ3) is 5.04. The molecule has 2 N–H and O–H groups in total. The molecule has 0 heterocycles. The Bertz CT molecular complexity index is 655. The number of para-hydroxylation sites is 1. The molecule has 0 radical (unpaired) electrons. The standard InChI is InChI=1S/C16H16BrN3O/c1-12-5-2-3-8-15(12)18-11-16(21)20-19-10-13-6-4-7-14(17)9-13/h2-10,18H,11H2,1H3,(H,20,21)/b19-10+. The van der Waals surface area contributed by atoms with Crippen LogP contribution in [0.3, 0.4) is 0 Å². The van der Waals surface area contributed by atoms with Gasteiger partial charge in [0.2, 0.25) is 0 Å². The van der Waals surface area contributed by atoms with Crippen molar-refractivity contribution in [3.63, 3.8) is 0 Å².